The Bertz CT molecular complexity index is 1140. The average Bonchev–Trinajstić information content (AvgIpc) is 3.25. The molecule has 1 saturated heterocycles. The smallest absolute Gasteiger partial charge is 0.323 e. The molecule has 166 valence electrons. The van der Waals surface area contributed by atoms with E-state index in [1.54, 1.807) is 24.4 Å². The van der Waals surface area contributed by atoms with Gasteiger partial charge in [0.2, 0.25) is 5.54 Å². The molecular formula is C23H23FN4O4. The van der Waals surface area contributed by atoms with Gasteiger partial charge < -0.3 is 15.0 Å². The van der Waals surface area contributed by atoms with Gasteiger partial charge in [-0.1, -0.05) is 31.8 Å². The summed E-state index contributed by atoms with van der Waals surface area (Å²) in [6.45, 7) is 5.66. The minimum Gasteiger partial charge on any atom is -0.494 e. The lowest BCUT2D eigenvalue weighted by molar-refractivity contribution is -0.122. The highest BCUT2D eigenvalue weighted by molar-refractivity contribution is 6.10. The summed E-state index contributed by atoms with van der Waals surface area (Å²) in [5.41, 5.74) is 0.0415. The van der Waals surface area contributed by atoms with E-state index in [0.717, 1.165) is 5.69 Å². The van der Waals surface area contributed by atoms with Crippen molar-refractivity contribution in [3.8, 4) is 17.6 Å². The van der Waals surface area contributed by atoms with E-state index in [9.17, 15) is 18.8 Å². The number of rotatable bonds is 3. The Morgan fingerprint density at radius 1 is 1.22 bits per heavy atom. The first-order valence-electron chi connectivity index (χ1n) is 10.1. The molecule has 32 heavy (non-hydrogen) atoms. The molecule has 2 aliphatic rings. The van der Waals surface area contributed by atoms with Crippen LogP contribution in [-0.2, 0) is 11.3 Å². The Kier molecular flexibility index (Phi) is 6.44. The van der Waals surface area contributed by atoms with E-state index in [1.165, 1.54) is 18.1 Å². The normalized spacial score (nSPS) is 18.7. The standard InChI is InChI=1S/C21H17FN4O4.C2H6/c1-12-3-4-13(9-23-12)7-8-21(19(28)24-20(29)25-21)11-26-10-14-5-6-15(30-2)17(22)16(14)18(26)27;1-2/h3-6,9H,10-11H2,1-2H3,(H2,24,25,28,29);1-2H3/t21-;/m1./s1. The number of methoxy groups -OCH3 is 1. The summed E-state index contributed by atoms with van der Waals surface area (Å²) in [6, 6.07) is 5.82. The Morgan fingerprint density at radius 2 is 1.97 bits per heavy atom. The van der Waals surface area contributed by atoms with Gasteiger partial charge in [0.15, 0.2) is 11.6 Å². The molecule has 0 unspecified atom stereocenters. The number of amides is 4. The highest BCUT2D eigenvalue weighted by Gasteiger charge is 2.48. The number of benzene rings is 1. The highest BCUT2D eigenvalue weighted by atomic mass is 19.1. The third-order valence-electron chi connectivity index (χ3n) is 4.98. The van der Waals surface area contributed by atoms with E-state index in [4.69, 9.17) is 4.74 Å². The second-order valence-corrected chi connectivity index (χ2v) is 7.03. The number of pyridine rings is 1. The summed E-state index contributed by atoms with van der Waals surface area (Å²) in [7, 11) is 1.31. The van der Waals surface area contributed by atoms with Crippen LogP contribution in [0.2, 0.25) is 0 Å². The van der Waals surface area contributed by atoms with Crippen molar-refractivity contribution < 1.29 is 23.5 Å². The highest BCUT2D eigenvalue weighted by Crippen LogP contribution is 2.31. The largest absolute Gasteiger partial charge is 0.494 e. The third-order valence-corrected chi connectivity index (χ3v) is 4.98. The molecule has 1 aromatic carbocycles. The number of halogens is 1. The first-order chi connectivity index (χ1) is 15.3. The maximum Gasteiger partial charge on any atom is 0.323 e. The molecule has 8 nitrogen and oxygen atoms in total. The van der Waals surface area contributed by atoms with Gasteiger partial charge in [-0.15, -0.1) is 0 Å². The first kappa shape index (κ1) is 22.7. The summed E-state index contributed by atoms with van der Waals surface area (Å²) in [6.07, 6.45) is 1.54. The van der Waals surface area contributed by atoms with Crippen molar-refractivity contribution in [1.82, 2.24) is 20.5 Å². The molecule has 1 aromatic heterocycles. The summed E-state index contributed by atoms with van der Waals surface area (Å²) in [5.74, 6) is 3.52. The molecule has 0 bridgehead atoms. The van der Waals surface area contributed by atoms with Gasteiger partial charge in [0.25, 0.3) is 11.8 Å². The molecule has 3 heterocycles. The fraction of sp³-hybridized carbons (Fsp3) is 0.304. The number of nitrogens with zero attached hydrogens (tertiary/aromatic N) is 2. The predicted octanol–water partition coefficient (Wildman–Crippen LogP) is 2.15. The minimum atomic E-state index is -1.67. The number of imide groups is 1. The summed E-state index contributed by atoms with van der Waals surface area (Å²) in [4.78, 5) is 42.7. The van der Waals surface area contributed by atoms with Gasteiger partial charge in [-0.25, -0.2) is 9.18 Å². The van der Waals surface area contributed by atoms with Crippen molar-refractivity contribution in [3.63, 3.8) is 0 Å². The van der Waals surface area contributed by atoms with Crippen LogP contribution in [0.3, 0.4) is 0 Å². The Balaban J connectivity index is 0.00000141. The van der Waals surface area contributed by atoms with Crippen molar-refractivity contribution in [2.24, 2.45) is 0 Å². The van der Waals surface area contributed by atoms with E-state index in [-0.39, 0.29) is 24.4 Å². The zero-order valence-corrected chi connectivity index (χ0v) is 18.2. The summed E-state index contributed by atoms with van der Waals surface area (Å²) in [5, 5.41) is 4.66. The Hall–Kier alpha value is -3.93. The molecule has 0 radical (unpaired) electrons. The number of nitrogens with one attached hydrogen (secondary N) is 2. The van der Waals surface area contributed by atoms with Crippen molar-refractivity contribution in [1.29, 1.82) is 0 Å². The fourth-order valence-corrected chi connectivity index (χ4v) is 3.42. The molecule has 4 rings (SSSR count). The summed E-state index contributed by atoms with van der Waals surface area (Å²) >= 11 is 0. The van der Waals surface area contributed by atoms with Crippen LogP contribution in [0, 0.1) is 24.6 Å². The molecule has 2 aliphatic heterocycles. The Labute approximate surface area is 185 Å². The lowest BCUT2D eigenvalue weighted by Crippen LogP contribution is -2.54. The molecular weight excluding hydrogens is 415 g/mol. The molecule has 1 fully saturated rings. The monoisotopic (exact) mass is 438 g/mol. The van der Waals surface area contributed by atoms with Crippen LogP contribution in [0.1, 0.15) is 41.0 Å². The average molecular weight is 438 g/mol. The molecule has 0 saturated carbocycles. The number of aromatic nitrogens is 1. The van der Waals surface area contributed by atoms with Gasteiger partial charge in [-0.2, -0.15) is 0 Å². The maximum absolute atomic E-state index is 14.6. The number of aryl methyl sites for hydroxylation is 1. The fourth-order valence-electron chi connectivity index (χ4n) is 3.42. The van der Waals surface area contributed by atoms with Crippen molar-refractivity contribution in [2.45, 2.75) is 32.9 Å². The zero-order chi connectivity index (χ0) is 23.5. The van der Waals surface area contributed by atoms with Crippen LogP contribution in [0.5, 0.6) is 5.75 Å². The summed E-state index contributed by atoms with van der Waals surface area (Å²) < 4.78 is 19.5. The third kappa shape index (κ3) is 4.12. The first-order valence-corrected chi connectivity index (χ1v) is 10.1. The quantitative estimate of drug-likeness (QED) is 0.565. The Morgan fingerprint density at radius 3 is 2.56 bits per heavy atom. The van der Waals surface area contributed by atoms with Crippen LogP contribution in [0.25, 0.3) is 0 Å². The molecule has 9 heteroatoms. The zero-order valence-electron chi connectivity index (χ0n) is 18.2. The van der Waals surface area contributed by atoms with Crippen molar-refractivity contribution >= 4 is 17.8 Å². The predicted molar refractivity (Wildman–Crippen MR) is 114 cm³/mol. The molecule has 2 aromatic rings. The van der Waals surface area contributed by atoms with Gasteiger partial charge in [0.1, 0.15) is 0 Å². The second kappa shape index (κ2) is 9.06. The number of carbonyl (C=O) groups excluding carboxylic acids is 3. The molecule has 1 atom stereocenters. The SMILES string of the molecule is CC.COc1ccc2c(c1F)C(=O)N(C[C@@]1(C#Cc3ccc(C)nc3)NC(=O)NC1=O)C2. The van der Waals surface area contributed by atoms with E-state index in [1.807, 2.05) is 20.8 Å². The van der Waals surface area contributed by atoms with Gasteiger partial charge in [-0.05, 0) is 30.7 Å². The van der Waals surface area contributed by atoms with Gasteiger partial charge >= 0.3 is 6.03 Å². The van der Waals surface area contributed by atoms with Gasteiger partial charge in [-0.3, -0.25) is 19.9 Å². The van der Waals surface area contributed by atoms with Crippen LogP contribution in [0.15, 0.2) is 30.5 Å². The second-order valence-electron chi connectivity index (χ2n) is 7.03. The van der Waals surface area contributed by atoms with Crippen LogP contribution < -0.4 is 15.4 Å². The van der Waals surface area contributed by atoms with Crippen LogP contribution in [-0.4, -0.2) is 46.9 Å². The number of carbonyl (C=O) groups is 3. The van der Waals surface area contributed by atoms with E-state index >= 15 is 0 Å². The number of fused-ring (bicyclic) bond motifs is 1. The number of ether oxygens (including phenoxy) is 1. The minimum absolute atomic E-state index is 0.0442. The topological polar surface area (TPSA) is 101 Å². The van der Waals surface area contributed by atoms with E-state index in [0.29, 0.717) is 11.1 Å². The van der Waals surface area contributed by atoms with Crippen LogP contribution in [0.4, 0.5) is 9.18 Å². The van der Waals surface area contributed by atoms with Crippen molar-refractivity contribution in [3.05, 3.63) is 58.7 Å². The molecule has 0 spiro atoms. The lowest BCUT2D eigenvalue weighted by atomic mass is 9.99. The number of hydrogen-bond acceptors (Lipinski definition) is 5. The molecule has 0 aliphatic carbocycles. The molecule has 4 amide bonds. The van der Waals surface area contributed by atoms with Crippen LogP contribution >= 0.6 is 0 Å². The van der Waals surface area contributed by atoms with Crippen molar-refractivity contribution in [2.75, 3.05) is 13.7 Å². The van der Waals surface area contributed by atoms with Gasteiger partial charge in [0, 0.05) is 24.0 Å². The van der Waals surface area contributed by atoms with Gasteiger partial charge in [0.05, 0.1) is 19.2 Å². The van der Waals surface area contributed by atoms with E-state index in [2.05, 4.69) is 27.5 Å². The van der Waals surface area contributed by atoms with E-state index < -0.39 is 29.2 Å². The number of urea groups is 1. The lowest BCUT2D eigenvalue weighted by Gasteiger charge is -2.26. The maximum atomic E-state index is 14.6. The molecule has 2 N–H and O–H groups in total. The number of hydrogen-bond donors (Lipinski definition) is 2.